The Hall–Kier alpha value is -2.34. The molecule has 0 N–H and O–H groups in total. The van der Waals surface area contributed by atoms with Crippen molar-refractivity contribution < 1.29 is 9.53 Å². The van der Waals surface area contributed by atoms with Crippen molar-refractivity contribution in [3.63, 3.8) is 0 Å². The molecule has 6 nitrogen and oxygen atoms in total. The van der Waals surface area contributed by atoms with Crippen molar-refractivity contribution >= 4 is 11.6 Å². The van der Waals surface area contributed by atoms with Gasteiger partial charge in [0.15, 0.2) is 0 Å². The van der Waals surface area contributed by atoms with Crippen LogP contribution in [0.2, 0.25) is 0 Å². The lowest BCUT2D eigenvalue weighted by molar-refractivity contribution is 0.0702. The minimum Gasteiger partial charge on any atom is -0.383 e. The molecule has 0 unspecified atom stereocenters. The summed E-state index contributed by atoms with van der Waals surface area (Å²) in [6.07, 6.45) is 5.90. The zero-order valence-corrected chi connectivity index (χ0v) is 15.9. The molecule has 3 rings (SSSR count). The van der Waals surface area contributed by atoms with Crippen LogP contribution in [0.15, 0.2) is 36.7 Å². The molecule has 2 aromatic rings. The van der Waals surface area contributed by atoms with Gasteiger partial charge in [-0.2, -0.15) is 0 Å². The van der Waals surface area contributed by atoms with Gasteiger partial charge in [0.2, 0.25) is 0 Å². The molecule has 26 heavy (non-hydrogen) atoms. The number of amides is 1. The van der Waals surface area contributed by atoms with Crippen LogP contribution in [-0.2, 0) is 11.3 Å². The van der Waals surface area contributed by atoms with Crippen LogP contribution in [-0.4, -0.2) is 61.3 Å². The van der Waals surface area contributed by atoms with Gasteiger partial charge in [-0.1, -0.05) is 6.07 Å². The molecule has 2 heterocycles. The Bertz CT molecular complexity index is 741. The summed E-state index contributed by atoms with van der Waals surface area (Å²) in [6.45, 7) is 2.98. The summed E-state index contributed by atoms with van der Waals surface area (Å²) in [5.74, 6) is 1.44. The molecule has 0 spiro atoms. The Balaban J connectivity index is 1.73. The maximum absolute atomic E-state index is 13.0. The highest BCUT2D eigenvalue weighted by molar-refractivity contribution is 5.95. The van der Waals surface area contributed by atoms with E-state index in [1.165, 1.54) is 0 Å². The maximum atomic E-state index is 13.0. The first-order valence-electron chi connectivity index (χ1n) is 9.16. The summed E-state index contributed by atoms with van der Waals surface area (Å²) in [5, 5.41) is 0. The fraction of sp³-hybridized carbons (Fsp3) is 0.500. The molecule has 1 amide bonds. The smallest absolute Gasteiger partial charge is 0.253 e. The average Bonchev–Trinajstić information content (AvgIpc) is 3.14. The number of anilines is 1. The van der Waals surface area contributed by atoms with E-state index in [0.29, 0.717) is 6.61 Å². The number of hydrogen-bond donors (Lipinski definition) is 0. The number of rotatable bonds is 6. The van der Waals surface area contributed by atoms with E-state index in [1.807, 2.05) is 60.6 Å². The number of likely N-dealkylation sites (tertiary alicyclic amines) is 1. The standard InChI is InChI=1S/C20H28N4O2/c1-22(2)18-8-4-6-16(14-18)20(25)24-10-5-7-17(15-24)19-21-9-11-23(19)12-13-26-3/h4,6,8-9,11,14,17H,5,7,10,12-13,15H2,1-3H3/t17-/m0/s1. The number of piperidine rings is 1. The molecule has 1 atom stereocenters. The highest BCUT2D eigenvalue weighted by atomic mass is 16.5. The van der Waals surface area contributed by atoms with Gasteiger partial charge in [0.25, 0.3) is 5.91 Å². The van der Waals surface area contributed by atoms with Gasteiger partial charge in [0.05, 0.1) is 6.61 Å². The van der Waals surface area contributed by atoms with Gasteiger partial charge in [0, 0.05) is 70.4 Å². The van der Waals surface area contributed by atoms with Gasteiger partial charge >= 0.3 is 0 Å². The van der Waals surface area contributed by atoms with Crippen molar-refractivity contribution in [1.29, 1.82) is 0 Å². The zero-order chi connectivity index (χ0) is 18.5. The quantitative estimate of drug-likeness (QED) is 0.798. The van der Waals surface area contributed by atoms with Crippen molar-refractivity contribution in [2.45, 2.75) is 25.3 Å². The van der Waals surface area contributed by atoms with Gasteiger partial charge in [-0.05, 0) is 31.0 Å². The average molecular weight is 356 g/mol. The molecular weight excluding hydrogens is 328 g/mol. The lowest BCUT2D eigenvalue weighted by Crippen LogP contribution is -2.39. The second-order valence-corrected chi connectivity index (χ2v) is 7.01. The molecule has 6 heteroatoms. The van der Waals surface area contributed by atoms with Gasteiger partial charge < -0.3 is 19.1 Å². The summed E-state index contributed by atoms with van der Waals surface area (Å²) in [5.41, 5.74) is 1.79. The predicted molar refractivity (Wildman–Crippen MR) is 103 cm³/mol. The Morgan fingerprint density at radius 3 is 3.00 bits per heavy atom. The van der Waals surface area contributed by atoms with Crippen LogP contribution in [0.3, 0.4) is 0 Å². The number of hydrogen-bond acceptors (Lipinski definition) is 4. The van der Waals surface area contributed by atoms with Crippen LogP contribution < -0.4 is 4.90 Å². The Morgan fingerprint density at radius 2 is 2.23 bits per heavy atom. The van der Waals surface area contributed by atoms with Crippen LogP contribution >= 0.6 is 0 Å². The number of nitrogens with zero attached hydrogens (tertiary/aromatic N) is 4. The first kappa shape index (κ1) is 18.5. The topological polar surface area (TPSA) is 50.6 Å². The SMILES string of the molecule is COCCn1ccnc1[C@H]1CCCN(C(=O)c2cccc(N(C)C)c2)C1. The fourth-order valence-electron chi connectivity index (χ4n) is 3.53. The van der Waals surface area contributed by atoms with Gasteiger partial charge in [-0.25, -0.2) is 4.98 Å². The number of imidazole rings is 1. The lowest BCUT2D eigenvalue weighted by Gasteiger charge is -2.33. The van der Waals surface area contributed by atoms with Gasteiger partial charge in [-0.3, -0.25) is 4.79 Å². The molecular formula is C20H28N4O2. The molecule has 0 saturated carbocycles. The van der Waals surface area contributed by atoms with Crippen LogP contribution in [0.25, 0.3) is 0 Å². The molecule has 0 bridgehead atoms. The number of carbonyl (C=O) groups is 1. The van der Waals surface area contributed by atoms with Crippen molar-refractivity contribution in [3.05, 3.63) is 48.0 Å². The van der Waals surface area contributed by atoms with E-state index >= 15 is 0 Å². The molecule has 1 saturated heterocycles. The number of aromatic nitrogens is 2. The summed E-state index contributed by atoms with van der Waals surface area (Å²) in [7, 11) is 5.68. The highest BCUT2D eigenvalue weighted by Gasteiger charge is 2.28. The lowest BCUT2D eigenvalue weighted by atomic mass is 9.96. The third-order valence-electron chi connectivity index (χ3n) is 4.97. The molecule has 1 aliphatic rings. The summed E-state index contributed by atoms with van der Waals surface area (Å²) < 4.78 is 7.34. The van der Waals surface area contributed by atoms with E-state index in [2.05, 4.69) is 9.55 Å². The monoisotopic (exact) mass is 356 g/mol. The molecule has 1 fully saturated rings. The first-order valence-corrected chi connectivity index (χ1v) is 9.16. The van der Waals surface area contributed by atoms with Crippen LogP contribution in [0, 0.1) is 0 Å². The minimum atomic E-state index is 0.105. The van der Waals surface area contributed by atoms with E-state index in [9.17, 15) is 4.79 Å². The Labute approximate surface area is 155 Å². The van der Waals surface area contributed by atoms with E-state index in [-0.39, 0.29) is 11.8 Å². The molecule has 1 aliphatic heterocycles. The van der Waals surface area contributed by atoms with E-state index in [1.54, 1.807) is 7.11 Å². The number of ether oxygens (including phenoxy) is 1. The third-order valence-corrected chi connectivity index (χ3v) is 4.97. The molecule has 0 aliphatic carbocycles. The summed E-state index contributed by atoms with van der Waals surface area (Å²) in [6, 6.07) is 7.83. The first-order chi connectivity index (χ1) is 12.6. The van der Waals surface area contributed by atoms with Crippen molar-refractivity contribution in [1.82, 2.24) is 14.5 Å². The minimum absolute atomic E-state index is 0.105. The van der Waals surface area contributed by atoms with E-state index < -0.39 is 0 Å². The van der Waals surface area contributed by atoms with Crippen LogP contribution in [0.5, 0.6) is 0 Å². The van der Waals surface area contributed by atoms with E-state index in [0.717, 1.165) is 49.6 Å². The Morgan fingerprint density at radius 1 is 1.38 bits per heavy atom. The van der Waals surface area contributed by atoms with Crippen LogP contribution in [0.1, 0.15) is 34.9 Å². The molecule has 1 aromatic heterocycles. The molecule has 140 valence electrons. The van der Waals surface area contributed by atoms with Crippen molar-refractivity contribution in [2.24, 2.45) is 0 Å². The summed E-state index contributed by atoms with van der Waals surface area (Å²) >= 11 is 0. The van der Waals surface area contributed by atoms with Crippen molar-refractivity contribution in [3.8, 4) is 0 Å². The number of methoxy groups -OCH3 is 1. The maximum Gasteiger partial charge on any atom is 0.253 e. The second kappa shape index (κ2) is 8.36. The highest BCUT2D eigenvalue weighted by Crippen LogP contribution is 2.27. The largest absolute Gasteiger partial charge is 0.383 e. The summed E-state index contributed by atoms with van der Waals surface area (Å²) in [4.78, 5) is 21.6. The Kier molecular flexibility index (Phi) is 5.93. The molecule has 0 radical (unpaired) electrons. The number of benzene rings is 1. The van der Waals surface area contributed by atoms with E-state index in [4.69, 9.17) is 4.74 Å². The second-order valence-electron chi connectivity index (χ2n) is 7.01. The fourth-order valence-corrected chi connectivity index (χ4v) is 3.53. The van der Waals surface area contributed by atoms with Crippen molar-refractivity contribution in [2.75, 3.05) is 45.8 Å². The van der Waals surface area contributed by atoms with Crippen LogP contribution in [0.4, 0.5) is 5.69 Å². The zero-order valence-electron chi connectivity index (χ0n) is 15.9. The van der Waals surface area contributed by atoms with Gasteiger partial charge in [-0.15, -0.1) is 0 Å². The predicted octanol–water partition coefficient (Wildman–Crippen LogP) is 2.62. The third kappa shape index (κ3) is 4.07. The van der Waals surface area contributed by atoms with Gasteiger partial charge in [0.1, 0.15) is 5.82 Å². The molecule has 1 aromatic carbocycles. The normalized spacial score (nSPS) is 17.3. The number of carbonyl (C=O) groups excluding carboxylic acids is 1.